The minimum Gasteiger partial charge on any atom is -0.388 e. The maximum atomic E-state index is 10.3. The van der Waals surface area contributed by atoms with Crippen LogP contribution in [0.4, 0.5) is 0 Å². The zero-order chi connectivity index (χ0) is 10.7. The van der Waals surface area contributed by atoms with Gasteiger partial charge in [-0.15, -0.1) is 10.2 Å². The monoisotopic (exact) mass is 210 g/mol. The van der Waals surface area contributed by atoms with Crippen LogP contribution in [0.5, 0.6) is 0 Å². The van der Waals surface area contributed by atoms with E-state index in [1.54, 1.807) is 0 Å². The predicted octanol–water partition coefficient (Wildman–Crippen LogP) is 0.931. The second kappa shape index (κ2) is 4.26. The summed E-state index contributed by atoms with van der Waals surface area (Å²) in [5.41, 5.74) is -0.607. The van der Waals surface area contributed by atoms with Gasteiger partial charge in [-0.2, -0.15) is 4.80 Å². The fraction of sp³-hybridized carbons (Fsp3) is 0.900. The van der Waals surface area contributed by atoms with Crippen LogP contribution in [0.1, 0.15) is 44.9 Å². The molecule has 0 unspecified atom stereocenters. The van der Waals surface area contributed by atoms with Crippen molar-refractivity contribution in [1.82, 2.24) is 20.2 Å². The van der Waals surface area contributed by atoms with Crippen molar-refractivity contribution in [2.45, 2.75) is 57.6 Å². The van der Waals surface area contributed by atoms with Crippen LogP contribution in [-0.4, -0.2) is 30.9 Å². The molecule has 0 radical (unpaired) electrons. The first-order valence-corrected chi connectivity index (χ1v) is 5.71. The maximum absolute atomic E-state index is 10.3. The van der Waals surface area contributed by atoms with Crippen LogP contribution < -0.4 is 0 Å². The summed E-state index contributed by atoms with van der Waals surface area (Å²) >= 11 is 0. The number of aliphatic hydroxyl groups is 1. The molecule has 2 rings (SSSR count). The van der Waals surface area contributed by atoms with Gasteiger partial charge in [0.2, 0.25) is 0 Å². The van der Waals surface area contributed by atoms with Crippen molar-refractivity contribution < 1.29 is 5.11 Å². The Balaban J connectivity index is 2.00. The lowest BCUT2D eigenvalue weighted by Crippen LogP contribution is -2.37. The Bertz CT molecular complexity index is 317. The Morgan fingerprint density at radius 1 is 1.33 bits per heavy atom. The summed E-state index contributed by atoms with van der Waals surface area (Å²) in [5.74, 6) is 0.745. The normalized spacial score (nSPS) is 20.4. The van der Waals surface area contributed by atoms with Crippen molar-refractivity contribution >= 4 is 0 Å². The lowest BCUT2D eigenvalue weighted by Gasteiger charge is -2.30. The fourth-order valence-corrected chi connectivity index (χ4v) is 2.12. The minimum absolute atomic E-state index is 0.486. The topological polar surface area (TPSA) is 63.8 Å². The van der Waals surface area contributed by atoms with E-state index in [2.05, 4.69) is 15.4 Å². The molecule has 0 bridgehead atoms. The SMILES string of the molecule is CCc1nnn(CC2(O)CCCCC2)n1. The molecule has 0 aliphatic heterocycles. The van der Waals surface area contributed by atoms with Crippen molar-refractivity contribution in [3.05, 3.63) is 5.82 Å². The van der Waals surface area contributed by atoms with Crippen LogP contribution in [0.3, 0.4) is 0 Å². The van der Waals surface area contributed by atoms with Gasteiger partial charge in [-0.3, -0.25) is 0 Å². The predicted molar refractivity (Wildman–Crippen MR) is 55.2 cm³/mol. The van der Waals surface area contributed by atoms with Crippen LogP contribution in [0, 0.1) is 0 Å². The van der Waals surface area contributed by atoms with Gasteiger partial charge in [-0.1, -0.05) is 26.2 Å². The van der Waals surface area contributed by atoms with Gasteiger partial charge >= 0.3 is 0 Å². The summed E-state index contributed by atoms with van der Waals surface area (Å²) in [6.07, 6.45) is 5.94. The Morgan fingerprint density at radius 3 is 2.67 bits per heavy atom. The third kappa shape index (κ3) is 2.53. The lowest BCUT2D eigenvalue weighted by molar-refractivity contribution is -0.0180. The molecule has 0 amide bonds. The van der Waals surface area contributed by atoms with Crippen LogP contribution >= 0.6 is 0 Å². The molecule has 1 aliphatic rings. The molecule has 1 N–H and O–H groups in total. The van der Waals surface area contributed by atoms with Crippen molar-refractivity contribution in [1.29, 1.82) is 0 Å². The molecule has 1 saturated carbocycles. The molecular formula is C10H18N4O. The molecule has 0 atom stereocenters. The second-order valence-corrected chi connectivity index (χ2v) is 4.37. The van der Waals surface area contributed by atoms with Crippen LogP contribution in [0.2, 0.25) is 0 Å². The van der Waals surface area contributed by atoms with Crippen LogP contribution in [0.25, 0.3) is 0 Å². The fourth-order valence-electron chi connectivity index (χ4n) is 2.12. The first-order valence-electron chi connectivity index (χ1n) is 5.71. The van der Waals surface area contributed by atoms with E-state index < -0.39 is 5.60 Å². The van der Waals surface area contributed by atoms with E-state index >= 15 is 0 Å². The van der Waals surface area contributed by atoms with E-state index in [0.717, 1.165) is 37.9 Å². The first kappa shape index (κ1) is 10.5. The molecule has 1 heterocycles. The zero-order valence-electron chi connectivity index (χ0n) is 9.19. The van der Waals surface area contributed by atoms with Crippen molar-refractivity contribution in [2.75, 3.05) is 0 Å². The summed E-state index contributed by atoms with van der Waals surface area (Å²) in [4.78, 5) is 1.53. The molecular weight excluding hydrogens is 192 g/mol. The van der Waals surface area contributed by atoms with Crippen LogP contribution in [-0.2, 0) is 13.0 Å². The van der Waals surface area contributed by atoms with Gasteiger partial charge in [0.1, 0.15) is 0 Å². The summed E-state index contributed by atoms with van der Waals surface area (Å²) in [6.45, 7) is 2.48. The summed E-state index contributed by atoms with van der Waals surface area (Å²) in [5, 5.41) is 22.3. The van der Waals surface area contributed by atoms with Gasteiger partial charge in [0.15, 0.2) is 5.82 Å². The van der Waals surface area contributed by atoms with Crippen molar-refractivity contribution in [2.24, 2.45) is 0 Å². The van der Waals surface area contributed by atoms with Gasteiger partial charge in [-0.05, 0) is 18.1 Å². The van der Waals surface area contributed by atoms with E-state index in [1.165, 1.54) is 11.2 Å². The number of hydrogen-bond acceptors (Lipinski definition) is 4. The average Bonchev–Trinajstić information content (AvgIpc) is 2.66. The molecule has 5 heteroatoms. The maximum Gasteiger partial charge on any atom is 0.174 e. The summed E-state index contributed by atoms with van der Waals surface area (Å²) in [7, 11) is 0. The molecule has 1 aliphatic carbocycles. The van der Waals surface area contributed by atoms with E-state index in [9.17, 15) is 5.11 Å². The highest BCUT2D eigenvalue weighted by atomic mass is 16.3. The zero-order valence-corrected chi connectivity index (χ0v) is 9.19. The number of tetrazole rings is 1. The molecule has 1 fully saturated rings. The largest absolute Gasteiger partial charge is 0.388 e. The minimum atomic E-state index is -0.607. The first-order chi connectivity index (χ1) is 7.22. The van der Waals surface area contributed by atoms with E-state index in [-0.39, 0.29) is 0 Å². The van der Waals surface area contributed by atoms with Crippen molar-refractivity contribution in [3.8, 4) is 0 Å². The van der Waals surface area contributed by atoms with Gasteiger partial charge < -0.3 is 5.11 Å². The molecule has 0 saturated heterocycles. The van der Waals surface area contributed by atoms with Gasteiger partial charge in [0, 0.05) is 6.42 Å². The second-order valence-electron chi connectivity index (χ2n) is 4.37. The average molecular weight is 210 g/mol. The standard InChI is InChI=1S/C10H18N4O/c1-2-9-11-13-14(12-9)8-10(15)6-4-3-5-7-10/h15H,2-8H2,1H3. The Morgan fingerprint density at radius 2 is 2.07 bits per heavy atom. The van der Waals surface area contributed by atoms with Gasteiger partial charge in [0.05, 0.1) is 12.1 Å². The smallest absolute Gasteiger partial charge is 0.174 e. The molecule has 0 spiro atoms. The Kier molecular flexibility index (Phi) is 3.00. The number of rotatable bonds is 3. The summed E-state index contributed by atoms with van der Waals surface area (Å²) < 4.78 is 0. The molecule has 1 aromatic heterocycles. The number of aryl methyl sites for hydroxylation is 1. The summed E-state index contributed by atoms with van der Waals surface area (Å²) in [6, 6.07) is 0. The third-order valence-corrected chi connectivity index (χ3v) is 3.03. The molecule has 84 valence electrons. The highest BCUT2D eigenvalue weighted by molar-refractivity contribution is 4.82. The third-order valence-electron chi connectivity index (χ3n) is 3.03. The highest BCUT2D eigenvalue weighted by Gasteiger charge is 2.30. The Hall–Kier alpha value is -0.970. The number of nitrogens with zero attached hydrogens (tertiary/aromatic N) is 4. The molecule has 1 aromatic rings. The lowest BCUT2D eigenvalue weighted by atomic mass is 9.85. The molecule has 0 aromatic carbocycles. The van der Waals surface area contributed by atoms with Gasteiger partial charge in [-0.25, -0.2) is 0 Å². The van der Waals surface area contributed by atoms with E-state index in [1.807, 2.05) is 6.92 Å². The number of aromatic nitrogens is 4. The highest BCUT2D eigenvalue weighted by Crippen LogP contribution is 2.28. The number of hydrogen-bond donors (Lipinski definition) is 1. The van der Waals surface area contributed by atoms with E-state index in [0.29, 0.717) is 6.54 Å². The molecule has 15 heavy (non-hydrogen) atoms. The van der Waals surface area contributed by atoms with E-state index in [4.69, 9.17) is 0 Å². The van der Waals surface area contributed by atoms with Crippen molar-refractivity contribution in [3.63, 3.8) is 0 Å². The quantitative estimate of drug-likeness (QED) is 0.806. The Labute approximate surface area is 89.5 Å². The molecule has 5 nitrogen and oxygen atoms in total. The van der Waals surface area contributed by atoms with Gasteiger partial charge in [0.25, 0.3) is 0 Å². The van der Waals surface area contributed by atoms with Crippen LogP contribution in [0.15, 0.2) is 0 Å².